The minimum absolute atomic E-state index is 0.127. The molecule has 4 nitrogen and oxygen atoms in total. The third-order valence-electron chi connectivity index (χ3n) is 2.84. The molecule has 0 aliphatic heterocycles. The number of imidazole rings is 1. The third kappa shape index (κ3) is 3.46. The van der Waals surface area contributed by atoms with Crippen molar-refractivity contribution in [3.63, 3.8) is 0 Å². The van der Waals surface area contributed by atoms with Crippen molar-refractivity contribution in [1.82, 2.24) is 14.5 Å². The van der Waals surface area contributed by atoms with Crippen LogP contribution in [0.15, 0.2) is 16.7 Å². The van der Waals surface area contributed by atoms with E-state index in [1.807, 2.05) is 13.0 Å². The molecular weight excluding hydrogens is 330 g/mol. The Morgan fingerprint density at radius 2 is 2.32 bits per heavy atom. The molecule has 0 radical (unpaired) electrons. The molecule has 2 aromatic rings. The second kappa shape index (κ2) is 6.68. The number of aryl methyl sites for hydroxylation is 1. The minimum Gasteiger partial charge on any atom is -0.377 e. The van der Waals surface area contributed by atoms with Crippen LogP contribution in [0, 0.1) is 0 Å². The molecule has 2 heterocycles. The van der Waals surface area contributed by atoms with Gasteiger partial charge in [-0.15, -0.1) is 11.6 Å². The van der Waals surface area contributed by atoms with E-state index in [4.69, 9.17) is 16.3 Å². The van der Waals surface area contributed by atoms with Gasteiger partial charge in [0.15, 0.2) is 5.65 Å². The van der Waals surface area contributed by atoms with E-state index in [1.165, 1.54) is 0 Å². The molecule has 0 aromatic carbocycles. The van der Waals surface area contributed by atoms with Crippen molar-refractivity contribution in [3.05, 3.63) is 22.6 Å². The number of ether oxygens (including phenoxy) is 1. The number of nitrogens with zero attached hydrogens (tertiary/aromatic N) is 3. The molecule has 1 unspecified atom stereocenters. The quantitative estimate of drug-likeness (QED) is 0.753. The molecule has 2 aromatic heterocycles. The van der Waals surface area contributed by atoms with Crippen molar-refractivity contribution < 1.29 is 4.74 Å². The average Bonchev–Trinajstić information content (AvgIpc) is 2.67. The van der Waals surface area contributed by atoms with Crippen LogP contribution in [0.25, 0.3) is 11.2 Å². The van der Waals surface area contributed by atoms with Gasteiger partial charge in [-0.05, 0) is 35.8 Å². The lowest BCUT2D eigenvalue weighted by atomic mass is 10.3. The van der Waals surface area contributed by atoms with Crippen molar-refractivity contribution in [1.29, 1.82) is 0 Å². The molecule has 0 saturated heterocycles. The SMILES string of the molecule is CCOC(C)Cn1c(CCCl)nc2cc(Br)cnc21. The Hall–Kier alpha value is -0.650. The van der Waals surface area contributed by atoms with Crippen LogP contribution < -0.4 is 0 Å². The van der Waals surface area contributed by atoms with Gasteiger partial charge in [-0.3, -0.25) is 0 Å². The highest BCUT2D eigenvalue weighted by Crippen LogP contribution is 2.19. The van der Waals surface area contributed by atoms with E-state index < -0.39 is 0 Å². The molecule has 0 bridgehead atoms. The van der Waals surface area contributed by atoms with Crippen LogP contribution in [0.5, 0.6) is 0 Å². The lowest BCUT2D eigenvalue weighted by Crippen LogP contribution is -2.18. The normalized spacial score (nSPS) is 13.1. The Balaban J connectivity index is 2.39. The summed E-state index contributed by atoms with van der Waals surface area (Å²) in [6, 6.07) is 1.97. The average molecular weight is 347 g/mol. The van der Waals surface area contributed by atoms with Crippen LogP contribution in [0.4, 0.5) is 0 Å². The number of halogens is 2. The molecule has 0 aliphatic rings. The van der Waals surface area contributed by atoms with E-state index in [9.17, 15) is 0 Å². The highest BCUT2D eigenvalue weighted by atomic mass is 79.9. The van der Waals surface area contributed by atoms with Crippen LogP contribution >= 0.6 is 27.5 Å². The van der Waals surface area contributed by atoms with Gasteiger partial charge < -0.3 is 9.30 Å². The van der Waals surface area contributed by atoms with Crippen LogP contribution in [0.2, 0.25) is 0 Å². The molecule has 0 spiro atoms. The van der Waals surface area contributed by atoms with Gasteiger partial charge >= 0.3 is 0 Å². The zero-order valence-electron chi connectivity index (χ0n) is 11.1. The number of hydrogen-bond acceptors (Lipinski definition) is 3. The summed E-state index contributed by atoms with van der Waals surface area (Å²) < 4.78 is 8.63. The first-order valence-corrected chi connectivity index (χ1v) is 7.66. The summed E-state index contributed by atoms with van der Waals surface area (Å²) in [5, 5.41) is 0. The van der Waals surface area contributed by atoms with Gasteiger partial charge in [-0.25, -0.2) is 9.97 Å². The minimum atomic E-state index is 0.127. The Labute approximate surface area is 126 Å². The summed E-state index contributed by atoms with van der Waals surface area (Å²) in [7, 11) is 0. The van der Waals surface area contributed by atoms with Crippen molar-refractivity contribution in [2.24, 2.45) is 0 Å². The van der Waals surface area contributed by atoms with E-state index in [1.54, 1.807) is 6.20 Å². The molecule has 19 heavy (non-hydrogen) atoms. The fourth-order valence-corrected chi connectivity index (χ4v) is 2.58. The Kier molecular flexibility index (Phi) is 5.19. The maximum Gasteiger partial charge on any atom is 0.160 e. The fraction of sp³-hybridized carbons (Fsp3) is 0.538. The highest BCUT2D eigenvalue weighted by Gasteiger charge is 2.14. The van der Waals surface area contributed by atoms with E-state index in [2.05, 4.69) is 37.4 Å². The lowest BCUT2D eigenvalue weighted by Gasteiger charge is -2.14. The van der Waals surface area contributed by atoms with Gasteiger partial charge in [0.25, 0.3) is 0 Å². The number of aromatic nitrogens is 3. The summed E-state index contributed by atoms with van der Waals surface area (Å²) in [6.45, 7) is 5.50. The summed E-state index contributed by atoms with van der Waals surface area (Å²) in [5.74, 6) is 1.51. The predicted octanol–water partition coefficient (Wildman–Crippen LogP) is 3.40. The third-order valence-corrected chi connectivity index (χ3v) is 3.46. The summed E-state index contributed by atoms with van der Waals surface area (Å²) in [5.41, 5.74) is 1.77. The Morgan fingerprint density at radius 1 is 1.53 bits per heavy atom. The first kappa shape index (κ1) is 14.8. The molecule has 0 fully saturated rings. The van der Waals surface area contributed by atoms with Crippen molar-refractivity contribution in [2.75, 3.05) is 12.5 Å². The smallest absolute Gasteiger partial charge is 0.160 e. The molecule has 1 atom stereocenters. The molecule has 2 rings (SSSR count). The summed E-state index contributed by atoms with van der Waals surface area (Å²) >= 11 is 9.27. The monoisotopic (exact) mass is 345 g/mol. The van der Waals surface area contributed by atoms with E-state index in [-0.39, 0.29) is 6.10 Å². The second-order valence-corrected chi connectivity index (χ2v) is 5.63. The summed E-state index contributed by atoms with van der Waals surface area (Å²) in [6.07, 6.45) is 2.65. The van der Waals surface area contributed by atoms with Crippen LogP contribution in [0.1, 0.15) is 19.7 Å². The van der Waals surface area contributed by atoms with Crippen LogP contribution in [-0.4, -0.2) is 33.1 Å². The van der Waals surface area contributed by atoms with Gasteiger partial charge in [0, 0.05) is 29.6 Å². The first-order valence-electron chi connectivity index (χ1n) is 6.34. The van der Waals surface area contributed by atoms with E-state index in [0.29, 0.717) is 12.5 Å². The maximum atomic E-state index is 5.85. The van der Waals surface area contributed by atoms with Gasteiger partial charge in [-0.2, -0.15) is 0 Å². The largest absolute Gasteiger partial charge is 0.377 e. The standard InChI is InChI=1S/C13H17BrClN3O/c1-3-19-9(2)8-18-12(4-5-15)17-11-6-10(14)7-16-13(11)18/h6-7,9H,3-5,8H2,1-2H3. The zero-order valence-corrected chi connectivity index (χ0v) is 13.4. The fourth-order valence-electron chi connectivity index (χ4n) is 2.09. The topological polar surface area (TPSA) is 39.9 Å². The van der Waals surface area contributed by atoms with Crippen molar-refractivity contribution in [2.45, 2.75) is 32.9 Å². The predicted molar refractivity (Wildman–Crippen MR) is 80.7 cm³/mol. The molecule has 6 heteroatoms. The Bertz CT molecular complexity index is 558. The summed E-state index contributed by atoms with van der Waals surface area (Å²) in [4.78, 5) is 9.06. The second-order valence-electron chi connectivity index (χ2n) is 4.34. The maximum absolute atomic E-state index is 5.85. The van der Waals surface area contributed by atoms with Crippen molar-refractivity contribution >= 4 is 38.7 Å². The number of fused-ring (bicyclic) bond motifs is 1. The molecule has 0 saturated carbocycles. The van der Waals surface area contributed by atoms with Gasteiger partial charge in [-0.1, -0.05) is 0 Å². The molecule has 104 valence electrons. The van der Waals surface area contributed by atoms with Gasteiger partial charge in [0.1, 0.15) is 11.3 Å². The number of hydrogen-bond donors (Lipinski definition) is 0. The molecule has 0 N–H and O–H groups in total. The number of pyridine rings is 1. The van der Waals surface area contributed by atoms with Crippen molar-refractivity contribution in [3.8, 4) is 0 Å². The van der Waals surface area contributed by atoms with Crippen LogP contribution in [-0.2, 0) is 17.7 Å². The number of alkyl halides is 1. The molecule has 0 amide bonds. The Morgan fingerprint density at radius 3 is 3.00 bits per heavy atom. The zero-order chi connectivity index (χ0) is 13.8. The first-order chi connectivity index (χ1) is 9.15. The number of rotatable bonds is 6. The lowest BCUT2D eigenvalue weighted by molar-refractivity contribution is 0.0641. The van der Waals surface area contributed by atoms with E-state index in [0.717, 1.165) is 34.4 Å². The molecule has 0 aliphatic carbocycles. The van der Waals surface area contributed by atoms with Crippen LogP contribution in [0.3, 0.4) is 0 Å². The van der Waals surface area contributed by atoms with E-state index >= 15 is 0 Å². The molecular formula is C13H17BrClN3O. The highest BCUT2D eigenvalue weighted by molar-refractivity contribution is 9.10. The van der Waals surface area contributed by atoms with Gasteiger partial charge in [0.2, 0.25) is 0 Å². The van der Waals surface area contributed by atoms with Gasteiger partial charge in [0.05, 0.1) is 12.6 Å².